The van der Waals surface area contributed by atoms with Crippen molar-refractivity contribution in [2.24, 2.45) is 0 Å². The molecule has 134 valence electrons. The van der Waals surface area contributed by atoms with Gasteiger partial charge in [0.15, 0.2) is 0 Å². The molecule has 0 radical (unpaired) electrons. The molecule has 2 atom stereocenters. The van der Waals surface area contributed by atoms with E-state index in [1.165, 1.54) is 0 Å². The minimum atomic E-state index is -0.633. The van der Waals surface area contributed by atoms with Crippen LogP contribution in [0.2, 0.25) is 0 Å². The van der Waals surface area contributed by atoms with Crippen LogP contribution in [-0.4, -0.2) is 42.2 Å². The molecule has 1 aliphatic heterocycles. The monoisotopic (exact) mass is 345 g/mol. The van der Waals surface area contributed by atoms with Crippen molar-refractivity contribution < 1.29 is 18.7 Å². The van der Waals surface area contributed by atoms with Gasteiger partial charge in [-0.1, -0.05) is 0 Å². The molecule has 0 spiro atoms. The van der Waals surface area contributed by atoms with Gasteiger partial charge in [-0.25, -0.2) is 4.79 Å². The van der Waals surface area contributed by atoms with Gasteiger partial charge in [0, 0.05) is 24.5 Å². The van der Waals surface area contributed by atoms with Gasteiger partial charge in [0.2, 0.25) is 0 Å². The first kappa shape index (κ1) is 17.5. The first-order valence-electron chi connectivity index (χ1n) is 8.53. The van der Waals surface area contributed by atoms with Crippen molar-refractivity contribution in [2.75, 3.05) is 13.1 Å². The van der Waals surface area contributed by atoms with E-state index in [1.54, 1.807) is 29.2 Å². The highest BCUT2D eigenvalue weighted by molar-refractivity contribution is 5.96. The van der Waals surface area contributed by atoms with Crippen molar-refractivity contribution in [3.05, 3.63) is 40.2 Å². The molecule has 1 aromatic heterocycles. The zero-order valence-corrected chi connectivity index (χ0v) is 14.9. The number of hydrogen-bond acceptors (Lipinski definition) is 5. The second-order valence-electron chi connectivity index (χ2n) is 6.78. The molecule has 1 amide bonds. The van der Waals surface area contributed by atoms with Gasteiger partial charge < -0.3 is 18.8 Å². The normalized spacial score (nSPS) is 20.9. The van der Waals surface area contributed by atoms with Crippen LogP contribution in [0, 0.1) is 0 Å². The van der Waals surface area contributed by atoms with Crippen LogP contribution in [0.4, 0.5) is 0 Å². The summed E-state index contributed by atoms with van der Waals surface area (Å²) >= 11 is 0. The first-order chi connectivity index (χ1) is 11.8. The molecule has 6 nitrogen and oxygen atoms in total. The fourth-order valence-corrected chi connectivity index (χ4v) is 3.10. The van der Waals surface area contributed by atoms with E-state index in [-0.39, 0.29) is 29.8 Å². The number of benzene rings is 1. The van der Waals surface area contributed by atoms with Crippen molar-refractivity contribution in [3.8, 4) is 5.75 Å². The minimum Gasteiger partial charge on any atom is -0.491 e. The number of carbonyl (C=O) groups is 1. The van der Waals surface area contributed by atoms with Crippen molar-refractivity contribution in [2.45, 2.75) is 46.0 Å². The number of morpholine rings is 1. The second kappa shape index (κ2) is 6.88. The molecule has 0 N–H and O–H groups in total. The Morgan fingerprint density at radius 1 is 1.20 bits per heavy atom. The van der Waals surface area contributed by atoms with Crippen LogP contribution in [0.15, 0.2) is 33.5 Å². The minimum absolute atomic E-state index is 0.0234. The Kier molecular flexibility index (Phi) is 4.81. The standard InChI is InChI=1S/C19H23NO5/c1-11(2)23-15-6-5-14-7-16(19(22)25-17(14)8-15)18(21)20-9-12(3)24-13(4)10-20/h5-8,11-13H,9-10H2,1-4H3/t12-,13+. The molecule has 2 aromatic rings. The van der Waals surface area contributed by atoms with Crippen LogP contribution >= 0.6 is 0 Å². The Hall–Kier alpha value is -2.34. The molecule has 0 aliphatic carbocycles. The molecule has 25 heavy (non-hydrogen) atoms. The van der Waals surface area contributed by atoms with Gasteiger partial charge in [0.05, 0.1) is 18.3 Å². The van der Waals surface area contributed by atoms with Gasteiger partial charge in [-0.05, 0) is 45.9 Å². The van der Waals surface area contributed by atoms with E-state index in [0.29, 0.717) is 29.8 Å². The van der Waals surface area contributed by atoms with Crippen molar-refractivity contribution in [1.29, 1.82) is 0 Å². The smallest absolute Gasteiger partial charge is 0.349 e. The lowest BCUT2D eigenvalue weighted by molar-refractivity contribution is -0.0587. The maximum Gasteiger partial charge on any atom is 0.349 e. The fraction of sp³-hybridized carbons (Fsp3) is 0.474. The van der Waals surface area contributed by atoms with Crippen LogP contribution < -0.4 is 10.4 Å². The Morgan fingerprint density at radius 3 is 2.52 bits per heavy atom. The summed E-state index contributed by atoms with van der Waals surface area (Å²) in [6.45, 7) is 8.59. The van der Waals surface area contributed by atoms with Gasteiger partial charge in [-0.2, -0.15) is 0 Å². The van der Waals surface area contributed by atoms with Gasteiger partial charge in [-0.3, -0.25) is 4.79 Å². The molecule has 2 heterocycles. The molecule has 1 fully saturated rings. The highest BCUT2D eigenvalue weighted by Gasteiger charge is 2.28. The van der Waals surface area contributed by atoms with E-state index in [1.807, 2.05) is 27.7 Å². The molecular formula is C19H23NO5. The largest absolute Gasteiger partial charge is 0.491 e. The lowest BCUT2D eigenvalue weighted by Crippen LogP contribution is -2.49. The van der Waals surface area contributed by atoms with Crippen molar-refractivity contribution in [1.82, 2.24) is 4.90 Å². The predicted octanol–water partition coefficient (Wildman–Crippen LogP) is 2.83. The molecule has 0 unspecified atom stereocenters. The molecule has 1 aliphatic rings. The summed E-state index contributed by atoms with van der Waals surface area (Å²) in [6, 6.07) is 6.85. The van der Waals surface area contributed by atoms with E-state index >= 15 is 0 Å². The SMILES string of the molecule is CC(C)Oc1ccc2cc(C(=O)N3C[C@@H](C)O[C@@H](C)C3)c(=O)oc2c1. The Balaban J connectivity index is 1.93. The van der Waals surface area contributed by atoms with Crippen molar-refractivity contribution >= 4 is 16.9 Å². The van der Waals surface area contributed by atoms with Gasteiger partial charge in [0.25, 0.3) is 5.91 Å². The first-order valence-corrected chi connectivity index (χ1v) is 8.53. The highest BCUT2D eigenvalue weighted by Crippen LogP contribution is 2.22. The third-order valence-electron chi connectivity index (χ3n) is 4.02. The average molecular weight is 345 g/mol. The molecule has 1 saturated heterocycles. The molecular weight excluding hydrogens is 322 g/mol. The fourth-order valence-electron chi connectivity index (χ4n) is 3.10. The summed E-state index contributed by atoms with van der Waals surface area (Å²) in [7, 11) is 0. The lowest BCUT2D eigenvalue weighted by atomic mass is 10.1. The Labute approximate surface area is 146 Å². The van der Waals surface area contributed by atoms with Crippen LogP contribution in [-0.2, 0) is 4.74 Å². The number of amides is 1. The summed E-state index contributed by atoms with van der Waals surface area (Å²) in [5, 5.41) is 0.688. The highest BCUT2D eigenvalue weighted by atomic mass is 16.5. The topological polar surface area (TPSA) is 69.0 Å². The molecule has 0 saturated carbocycles. The molecule has 3 rings (SSSR count). The number of carbonyl (C=O) groups excluding carboxylic acids is 1. The third kappa shape index (κ3) is 3.85. The van der Waals surface area contributed by atoms with Crippen LogP contribution in [0.5, 0.6) is 5.75 Å². The van der Waals surface area contributed by atoms with Gasteiger partial charge in [-0.15, -0.1) is 0 Å². The van der Waals surface area contributed by atoms with Gasteiger partial charge in [0.1, 0.15) is 16.9 Å². The zero-order valence-electron chi connectivity index (χ0n) is 14.9. The zero-order chi connectivity index (χ0) is 18.1. The predicted molar refractivity (Wildman–Crippen MR) is 94.2 cm³/mol. The molecule has 0 bridgehead atoms. The molecule has 1 aromatic carbocycles. The van der Waals surface area contributed by atoms with E-state index in [9.17, 15) is 9.59 Å². The summed E-state index contributed by atoms with van der Waals surface area (Å²) in [6.07, 6.45) is -0.0952. The summed E-state index contributed by atoms with van der Waals surface area (Å²) in [5.41, 5.74) is -0.180. The number of nitrogens with zero attached hydrogens (tertiary/aromatic N) is 1. The molecule has 6 heteroatoms. The van der Waals surface area contributed by atoms with Crippen LogP contribution in [0.25, 0.3) is 11.0 Å². The van der Waals surface area contributed by atoms with E-state index < -0.39 is 5.63 Å². The second-order valence-corrected chi connectivity index (χ2v) is 6.78. The quantitative estimate of drug-likeness (QED) is 0.800. The Bertz CT molecular complexity index is 831. The van der Waals surface area contributed by atoms with E-state index in [0.717, 1.165) is 0 Å². The number of ether oxygens (including phenoxy) is 2. The summed E-state index contributed by atoms with van der Waals surface area (Å²) in [4.78, 5) is 26.7. The summed E-state index contributed by atoms with van der Waals surface area (Å²) < 4.78 is 16.6. The van der Waals surface area contributed by atoms with E-state index in [4.69, 9.17) is 13.9 Å². The maximum atomic E-state index is 12.8. The van der Waals surface area contributed by atoms with Crippen molar-refractivity contribution in [3.63, 3.8) is 0 Å². The number of fused-ring (bicyclic) bond motifs is 1. The van der Waals surface area contributed by atoms with E-state index in [2.05, 4.69) is 0 Å². The van der Waals surface area contributed by atoms with Crippen LogP contribution in [0.1, 0.15) is 38.1 Å². The average Bonchev–Trinajstić information content (AvgIpc) is 2.52. The van der Waals surface area contributed by atoms with Gasteiger partial charge >= 0.3 is 5.63 Å². The number of hydrogen-bond donors (Lipinski definition) is 0. The maximum absolute atomic E-state index is 12.8. The Morgan fingerprint density at radius 2 is 1.88 bits per heavy atom. The van der Waals surface area contributed by atoms with Crippen LogP contribution in [0.3, 0.4) is 0 Å². The lowest BCUT2D eigenvalue weighted by Gasteiger charge is -2.35. The summed E-state index contributed by atoms with van der Waals surface area (Å²) in [5.74, 6) is 0.306. The number of rotatable bonds is 3. The third-order valence-corrected chi connectivity index (χ3v) is 4.02.